The van der Waals surface area contributed by atoms with E-state index in [-0.39, 0.29) is 17.3 Å². The van der Waals surface area contributed by atoms with Crippen molar-refractivity contribution < 1.29 is 23.5 Å². The lowest BCUT2D eigenvalue weighted by molar-refractivity contribution is -0.151. The Morgan fingerprint density at radius 2 is 1.68 bits per heavy atom. The molecule has 2 aliphatic rings. The average Bonchev–Trinajstić information content (AvgIpc) is 3.65. The number of halogens is 2. The number of anilines is 1. The van der Waals surface area contributed by atoms with E-state index in [0.29, 0.717) is 36.5 Å². The summed E-state index contributed by atoms with van der Waals surface area (Å²) >= 11 is 6.21. The predicted octanol–water partition coefficient (Wildman–Crippen LogP) is 7.25. The van der Waals surface area contributed by atoms with Crippen molar-refractivity contribution in [2.45, 2.75) is 63.1 Å². The first kappa shape index (κ1) is 27.3. The number of esters is 1. The van der Waals surface area contributed by atoms with Gasteiger partial charge in [0.1, 0.15) is 17.2 Å². The van der Waals surface area contributed by atoms with Gasteiger partial charge in [-0.05, 0) is 74.2 Å². The van der Waals surface area contributed by atoms with Crippen LogP contribution in [0.15, 0.2) is 66.7 Å². The average molecular weight is 576 g/mol. The van der Waals surface area contributed by atoms with E-state index < -0.39 is 23.1 Å². The Balaban J connectivity index is 1.51. The van der Waals surface area contributed by atoms with Crippen molar-refractivity contribution in [3.63, 3.8) is 0 Å². The number of para-hydroxylation sites is 2. The molecule has 2 saturated carbocycles. The van der Waals surface area contributed by atoms with Gasteiger partial charge in [-0.25, -0.2) is 14.2 Å². The summed E-state index contributed by atoms with van der Waals surface area (Å²) < 4.78 is 28.9. The predicted molar refractivity (Wildman–Crippen MR) is 155 cm³/mol. The maximum absolute atomic E-state index is 16.1. The summed E-state index contributed by atoms with van der Waals surface area (Å²) in [5.41, 5.74) is 0.654. The summed E-state index contributed by atoms with van der Waals surface area (Å²) in [7, 11) is 1.31. The van der Waals surface area contributed by atoms with Gasteiger partial charge in [-0.2, -0.15) is 0 Å². The third-order valence-electron chi connectivity index (χ3n) is 8.20. The first-order valence-electron chi connectivity index (χ1n) is 13.9. The number of imidazole rings is 1. The minimum Gasteiger partial charge on any atom is -0.475 e. The van der Waals surface area contributed by atoms with Crippen molar-refractivity contribution in [3.05, 3.63) is 77.6 Å². The van der Waals surface area contributed by atoms with Gasteiger partial charge in [0.15, 0.2) is 5.82 Å². The normalized spacial score (nSPS) is 17.2. The van der Waals surface area contributed by atoms with E-state index in [2.05, 4.69) is 4.57 Å². The fourth-order valence-corrected chi connectivity index (χ4v) is 6.32. The third-order valence-corrected chi connectivity index (χ3v) is 8.45. The topological polar surface area (TPSA) is 73.7 Å². The van der Waals surface area contributed by atoms with Crippen LogP contribution in [0, 0.1) is 5.82 Å². The molecule has 0 saturated heterocycles. The van der Waals surface area contributed by atoms with Crippen molar-refractivity contribution in [2.24, 2.45) is 0 Å². The van der Waals surface area contributed by atoms with Gasteiger partial charge in [0.05, 0.1) is 23.8 Å². The molecule has 4 aromatic rings. The van der Waals surface area contributed by atoms with Gasteiger partial charge in [-0.15, -0.1) is 0 Å². The van der Waals surface area contributed by atoms with Crippen molar-refractivity contribution in [1.29, 1.82) is 0 Å². The molecule has 2 fully saturated rings. The SMILES string of the molecule is COC(=O)C1(Oc2ccc(N(C(C)=O)C3(n4c(-c5ccc(Cl)cc5)nc5ccccc54)CCCCC3)c(F)c2)CC1. The van der Waals surface area contributed by atoms with E-state index >= 15 is 4.39 Å². The first-order valence-corrected chi connectivity index (χ1v) is 14.3. The molecule has 0 unspecified atom stereocenters. The third kappa shape index (κ3) is 4.74. The number of hydrogen-bond acceptors (Lipinski definition) is 5. The van der Waals surface area contributed by atoms with Crippen LogP contribution in [0.3, 0.4) is 0 Å². The highest BCUT2D eigenvalue weighted by atomic mass is 35.5. The van der Waals surface area contributed by atoms with Crippen LogP contribution in [0.5, 0.6) is 5.75 Å². The maximum atomic E-state index is 16.1. The second kappa shape index (κ2) is 10.5. The molecule has 9 heteroatoms. The van der Waals surface area contributed by atoms with Gasteiger partial charge in [-0.1, -0.05) is 30.2 Å². The molecule has 0 spiro atoms. The minimum atomic E-state index is -1.07. The molecular weight excluding hydrogens is 545 g/mol. The Hall–Kier alpha value is -3.91. The minimum absolute atomic E-state index is 0.148. The number of rotatable bonds is 7. The molecule has 1 aromatic heterocycles. The molecular formula is C32H31ClFN3O4. The largest absolute Gasteiger partial charge is 0.475 e. The van der Waals surface area contributed by atoms with Crippen molar-refractivity contribution in [3.8, 4) is 17.1 Å². The number of hydrogen-bond donors (Lipinski definition) is 0. The van der Waals surface area contributed by atoms with Gasteiger partial charge in [0.2, 0.25) is 11.5 Å². The smallest absolute Gasteiger partial charge is 0.350 e. The van der Waals surface area contributed by atoms with Gasteiger partial charge < -0.3 is 9.47 Å². The van der Waals surface area contributed by atoms with E-state index in [1.807, 2.05) is 48.5 Å². The number of amides is 1. The highest BCUT2D eigenvalue weighted by Gasteiger charge is 2.54. The van der Waals surface area contributed by atoms with Gasteiger partial charge in [-0.3, -0.25) is 14.3 Å². The molecule has 6 rings (SSSR count). The zero-order valence-electron chi connectivity index (χ0n) is 23.0. The highest BCUT2D eigenvalue weighted by molar-refractivity contribution is 6.30. The summed E-state index contributed by atoms with van der Waals surface area (Å²) in [5.74, 6) is -0.473. The fraction of sp³-hybridized carbons (Fsp3) is 0.344. The number of aromatic nitrogens is 2. The molecule has 0 bridgehead atoms. The Labute approximate surface area is 242 Å². The summed E-state index contributed by atoms with van der Waals surface area (Å²) in [6, 6.07) is 19.7. The van der Waals surface area contributed by atoms with Crippen LogP contribution in [-0.2, 0) is 20.0 Å². The zero-order valence-corrected chi connectivity index (χ0v) is 23.8. The van der Waals surface area contributed by atoms with E-state index in [4.69, 9.17) is 26.1 Å². The first-order chi connectivity index (χ1) is 19.8. The van der Waals surface area contributed by atoms with E-state index in [9.17, 15) is 9.59 Å². The summed E-state index contributed by atoms with van der Waals surface area (Å²) in [4.78, 5) is 32.4. The second-order valence-corrected chi connectivity index (χ2v) is 11.3. The van der Waals surface area contributed by atoms with Crippen LogP contribution in [0.2, 0.25) is 5.02 Å². The lowest BCUT2D eigenvalue weighted by atomic mass is 9.85. The summed E-state index contributed by atoms with van der Waals surface area (Å²) in [6.45, 7) is 1.47. The number of nitrogens with zero attached hydrogens (tertiary/aromatic N) is 3. The van der Waals surface area contributed by atoms with Gasteiger partial charge in [0.25, 0.3) is 0 Å². The monoisotopic (exact) mass is 575 g/mol. The molecule has 1 heterocycles. The maximum Gasteiger partial charge on any atom is 0.350 e. The molecule has 3 aromatic carbocycles. The molecule has 1 amide bonds. The van der Waals surface area contributed by atoms with Gasteiger partial charge >= 0.3 is 5.97 Å². The Morgan fingerprint density at radius 1 is 0.976 bits per heavy atom. The number of fused-ring (bicyclic) bond motifs is 1. The lowest BCUT2D eigenvalue weighted by Gasteiger charge is -2.48. The van der Waals surface area contributed by atoms with Crippen LogP contribution < -0.4 is 9.64 Å². The van der Waals surface area contributed by atoms with Crippen LogP contribution in [0.4, 0.5) is 10.1 Å². The summed E-state index contributed by atoms with van der Waals surface area (Å²) in [5, 5.41) is 0.610. The highest BCUT2D eigenvalue weighted by Crippen LogP contribution is 2.47. The van der Waals surface area contributed by atoms with Crippen molar-refractivity contribution in [1.82, 2.24) is 9.55 Å². The quantitative estimate of drug-likeness (QED) is 0.217. The molecule has 0 N–H and O–H groups in total. The number of ether oxygens (including phenoxy) is 2. The molecule has 2 aliphatic carbocycles. The fourth-order valence-electron chi connectivity index (χ4n) is 6.20. The Kier molecular flexibility index (Phi) is 6.98. The number of carbonyl (C=O) groups is 2. The molecule has 212 valence electrons. The van der Waals surface area contributed by atoms with Crippen molar-refractivity contribution in [2.75, 3.05) is 12.0 Å². The van der Waals surface area contributed by atoms with Crippen LogP contribution in [0.1, 0.15) is 51.9 Å². The van der Waals surface area contributed by atoms with Gasteiger partial charge in [0, 0.05) is 36.4 Å². The zero-order chi connectivity index (χ0) is 28.8. The molecule has 0 atom stereocenters. The molecule has 41 heavy (non-hydrogen) atoms. The Morgan fingerprint density at radius 3 is 2.32 bits per heavy atom. The van der Waals surface area contributed by atoms with E-state index in [0.717, 1.165) is 35.9 Å². The van der Waals surface area contributed by atoms with E-state index in [1.165, 1.54) is 20.1 Å². The standard InChI is InChI=1S/C32H31ClFN3O4/c1-21(38)36(27-15-14-24(20-25(27)34)41-31(18-19-31)30(39)40-2)32(16-6-3-7-17-32)37-28-9-5-4-8-26(28)35-29(37)22-10-12-23(33)13-11-22/h4-5,8-15,20H,3,6-7,16-19H2,1-2H3. The van der Waals surface area contributed by atoms with E-state index in [1.54, 1.807) is 17.0 Å². The summed E-state index contributed by atoms with van der Waals surface area (Å²) in [6.07, 6.45) is 5.00. The number of benzene rings is 3. The molecule has 0 radical (unpaired) electrons. The van der Waals surface area contributed by atoms with Crippen LogP contribution in [-0.4, -0.2) is 34.1 Å². The Bertz CT molecular complexity index is 1620. The van der Waals surface area contributed by atoms with Crippen LogP contribution in [0.25, 0.3) is 22.4 Å². The van der Waals surface area contributed by atoms with Crippen LogP contribution >= 0.6 is 11.6 Å². The molecule has 0 aliphatic heterocycles. The number of methoxy groups -OCH3 is 1. The number of carbonyl (C=O) groups excluding carboxylic acids is 2. The second-order valence-electron chi connectivity index (χ2n) is 10.9. The molecule has 7 nitrogen and oxygen atoms in total. The van der Waals surface area contributed by atoms with Crippen molar-refractivity contribution >= 4 is 40.2 Å². The lowest BCUT2D eigenvalue weighted by Crippen LogP contribution is -2.55.